The van der Waals surface area contributed by atoms with E-state index >= 15 is 0 Å². The highest BCUT2D eigenvalue weighted by molar-refractivity contribution is 7.98. The van der Waals surface area contributed by atoms with E-state index in [1.165, 1.54) is 37.4 Å². The Hall–Kier alpha value is -6.12. The van der Waals surface area contributed by atoms with Gasteiger partial charge in [0.25, 0.3) is 0 Å². The molecule has 2 rings (SSSR count). The number of aliphatic hydroxyl groups excluding tert-OH is 1. The van der Waals surface area contributed by atoms with Crippen LogP contribution in [0.4, 0.5) is 0 Å². The number of nitrogens with zero attached hydrogens (tertiary/aromatic N) is 1. The second-order valence-electron chi connectivity index (χ2n) is 20.4. The van der Waals surface area contributed by atoms with Gasteiger partial charge in [-0.05, 0) is 106 Å². The predicted molar refractivity (Wildman–Crippen MR) is 305 cm³/mol. The Kier molecular flexibility index (Phi) is 30.2. The molecule has 0 saturated carbocycles. The average Bonchev–Trinajstić information content (AvgIpc) is 3.80. The van der Waals surface area contributed by atoms with Gasteiger partial charge in [-0.2, -0.15) is 23.5 Å². The number of carboxylic acids is 1. The molecule has 0 aliphatic rings. The van der Waals surface area contributed by atoms with Gasteiger partial charge < -0.3 is 74.9 Å². The summed E-state index contributed by atoms with van der Waals surface area (Å²) in [5, 5.41) is 42.0. The molecule has 0 aliphatic heterocycles. The number of hydrogen-bond acceptors (Lipinski definition) is 14. The number of rotatable bonds is 36. The van der Waals surface area contributed by atoms with Gasteiger partial charge in [0.15, 0.2) is 5.96 Å². The highest BCUT2D eigenvalue weighted by Crippen LogP contribution is 2.20. The van der Waals surface area contributed by atoms with Crippen molar-refractivity contribution in [3.05, 3.63) is 36.0 Å². The van der Waals surface area contributed by atoms with Gasteiger partial charge in [0.1, 0.15) is 54.4 Å². The fraction of sp³-hybridized carbons (Fsp3) is 0.654. The molecule has 26 heteroatoms. The zero-order chi connectivity index (χ0) is 58.8. The van der Waals surface area contributed by atoms with Crippen LogP contribution in [0.3, 0.4) is 0 Å². The lowest BCUT2D eigenvalue weighted by atomic mass is 9.96. The van der Waals surface area contributed by atoms with Gasteiger partial charge in [-0.25, -0.2) is 4.79 Å². The van der Waals surface area contributed by atoms with E-state index in [1.54, 1.807) is 19.4 Å². The van der Waals surface area contributed by atoms with E-state index in [4.69, 9.17) is 17.2 Å². The molecule has 78 heavy (non-hydrogen) atoms. The lowest BCUT2D eigenvalue weighted by Gasteiger charge is -2.30. The van der Waals surface area contributed by atoms with Crippen molar-refractivity contribution in [1.82, 2.24) is 47.5 Å². The van der Waals surface area contributed by atoms with Gasteiger partial charge in [0.2, 0.25) is 47.3 Å². The molecule has 0 bridgehead atoms. The van der Waals surface area contributed by atoms with Crippen LogP contribution in [0.5, 0.6) is 0 Å². The highest BCUT2D eigenvalue weighted by atomic mass is 32.2. The molecule has 438 valence electrons. The van der Waals surface area contributed by atoms with Gasteiger partial charge >= 0.3 is 5.97 Å². The number of benzene rings is 1. The van der Waals surface area contributed by atoms with Crippen molar-refractivity contribution >= 4 is 93.6 Å². The number of fused-ring (bicyclic) bond motifs is 1. The van der Waals surface area contributed by atoms with Crippen LogP contribution < -0.4 is 59.7 Å². The number of aromatic amines is 1. The molecule has 0 saturated heterocycles. The minimum Gasteiger partial charge on any atom is -0.480 e. The minimum absolute atomic E-state index is 0.0377. The summed E-state index contributed by atoms with van der Waals surface area (Å²) in [6.07, 6.45) is 5.18. The Morgan fingerprint density at radius 2 is 1.09 bits per heavy atom. The third-order valence-electron chi connectivity index (χ3n) is 12.8. The SMILES string of the molecule is CC[C@H](C)[C@H](NC(=O)[C@H](CCSC)NC(=O)[C@H](CCCN=C(N)N)NC(=O)[C@H](C)NC(=O)[C@H](Cc1c[nH]c2ccccc12)NC(=O)[C@H](CC(C)C)NC(=O)[C@@H](N)[C@@H](C)O)C(=O)N[C@@H](CC(C)C)C(=O)N[C@@H](CCSC)C(=O)O. The Morgan fingerprint density at radius 3 is 1.63 bits per heavy atom. The molecule has 0 radical (unpaired) electrons. The van der Waals surface area contributed by atoms with Crippen molar-refractivity contribution in [3.63, 3.8) is 0 Å². The Labute approximate surface area is 466 Å². The van der Waals surface area contributed by atoms with Crippen molar-refractivity contribution in [3.8, 4) is 0 Å². The molecule has 1 aromatic carbocycles. The molecular formula is C52H87N13O11S2. The Bertz CT molecular complexity index is 2330. The van der Waals surface area contributed by atoms with E-state index in [-0.39, 0.29) is 69.3 Å². The van der Waals surface area contributed by atoms with Crippen LogP contribution in [0.1, 0.15) is 106 Å². The van der Waals surface area contributed by atoms with Crippen molar-refractivity contribution in [1.29, 1.82) is 0 Å². The van der Waals surface area contributed by atoms with E-state index in [0.717, 1.165) is 10.9 Å². The summed E-state index contributed by atoms with van der Waals surface area (Å²) in [4.78, 5) is 131. The van der Waals surface area contributed by atoms with Gasteiger partial charge in [-0.15, -0.1) is 0 Å². The van der Waals surface area contributed by atoms with Crippen LogP contribution >= 0.6 is 23.5 Å². The van der Waals surface area contributed by atoms with Crippen LogP contribution in [0, 0.1) is 17.8 Å². The van der Waals surface area contributed by atoms with Crippen molar-refractivity contribution in [2.24, 2.45) is 39.9 Å². The summed E-state index contributed by atoms with van der Waals surface area (Å²) < 4.78 is 0. The fourth-order valence-corrected chi connectivity index (χ4v) is 9.05. The zero-order valence-corrected chi connectivity index (χ0v) is 48.4. The largest absolute Gasteiger partial charge is 0.480 e. The lowest BCUT2D eigenvalue weighted by molar-refractivity contribution is -0.142. The highest BCUT2D eigenvalue weighted by Gasteiger charge is 2.36. The van der Waals surface area contributed by atoms with Crippen LogP contribution in [0.25, 0.3) is 10.9 Å². The summed E-state index contributed by atoms with van der Waals surface area (Å²) in [6, 6.07) is -3.86. The first-order chi connectivity index (χ1) is 36.7. The molecule has 17 N–H and O–H groups in total. The molecule has 0 spiro atoms. The number of aliphatic hydroxyl groups is 1. The van der Waals surface area contributed by atoms with E-state index in [1.807, 2.05) is 65.1 Å². The number of hydrogen-bond donors (Lipinski definition) is 14. The molecule has 2 aromatic rings. The maximum atomic E-state index is 14.3. The maximum Gasteiger partial charge on any atom is 0.326 e. The van der Waals surface area contributed by atoms with Crippen molar-refractivity contribution in [2.45, 2.75) is 167 Å². The number of nitrogens with one attached hydrogen (secondary N) is 9. The quantitative estimate of drug-likeness (QED) is 0.0244. The molecule has 8 amide bonds. The van der Waals surface area contributed by atoms with Gasteiger partial charge in [-0.3, -0.25) is 43.3 Å². The first-order valence-corrected chi connectivity index (χ1v) is 29.2. The topological polar surface area (TPSA) is 397 Å². The normalized spacial score (nSPS) is 15.6. The van der Waals surface area contributed by atoms with E-state index < -0.39 is 120 Å². The molecule has 0 fully saturated rings. The predicted octanol–water partition coefficient (Wildman–Crippen LogP) is 0.0995. The van der Waals surface area contributed by atoms with Crippen LogP contribution in [-0.4, -0.2) is 165 Å². The summed E-state index contributed by atoms with van der Waals surface area (Å²) >= 11 is 2.82. The lowest BCUT2D eigenvalue weighted by Crippen LogP contribution is -2.61. The number of carbonyl (C=O) groups is 9. The van der Waals surface area contributed by atoms with E-state index in [2.05, 4.69) is 52.5 Å². The number of aliphatic carboxylic acids is 1. The van der Waals surface area contributed by atoms with Gasteiger partial charge in [-0.1, -0.05) is 66.2 Å². The Balaban J connectivity index is 2.45. The van der Waals surface area contributed by atoms with Crippen LogP contribution in [0.15, 0.2) is 35.5 Å². The number of aliphatic imine (C=N–C) groups is 1. The number of amides is 8. The number of H-pyrrole nitrogens is 1. The number of nitrogens with two attached hydrogens (primary N) is 3. The molecule has 0 aliphatic carbocycles. The fourth-order valence-electron chi connectivity index (χ4n) is 8.10. The summed E-state index contributed by atoms with van der Waals surface area (Å²) in [5.74, 6) is -7.17. The third-order valence-corrected chi connectivity index (χ3v) is 14.1. The molecule has 1 heterocycles. The van der Waals surface area contributed by atoms with Crippen LogP contribution in [-0.2, 0) is 49.6 Å². The number of guanidine groups is 1. The molecule has 11 atom stereocenters. The number of carbonyl (C=O) groups excluding carboxylic acids is 8. The maximum absolute atomic E-state index is 14.3. The Morgan fingerprint density at radius 1 is 0.615 bits per heavy atom. The minimum atomic E-state index is -1.33. The average molecular weight is 1130 g/mol. The number of carboxylic acid groups (broad SMARTS) is 1. The second kappa shape index (κ2) is 34.7. The molecule has 0 unspecified atom stereocenters. The van der Waals surface area contributed by atoms with Crippen molar-refractivity contribution in [2.75, 3.05) is 30.6 Å². The van der Waals surface area contributed by atoms with E-state index in [0.29, 0.717) is 23.5 Å². The zero-order valence-electron chi connectivity index (χ0n) is 46.7. The second-order valence-corrected chi connectivity index (χ2v) is 22.4. The van der Waals surface area contributed by atoms with E-state index in [9.17, 15) is 53.4 Å². The number of thioether (sulfide) groups is 2. The third kappa shape index (κ3) is 23.5. The number of aromatic nitrogens is 1. The number of para-hydroxylation sites is 1. The van der Waals surface area contributed by atoms with Gasteiger partial charge in [0.05, 0.1) is 6.10 Å². The van der Waals surface area contributed by atoms with Crippen molar-refractivity contribution < 1.29 is 53.4 Å². The summed E-state index contributed by atoms with van der Waals surface area (Å²) in [6.45, 7) is 13.7. The standard InChI is InChI=1S/C52H87N13O11S2/c1-11-29(6)42(50(74)64-39(24-28(4)5)47(71)61-37(51(75)76)19-22-78-10)65-45(69)36(18-21-77-9)60-44(68)35(17-14-20-56-52(54)55)59-43(67)30(7)58-46(70)40(25-32-26-57-34-16-13-12-15-33(32)34)62-48(72)38(23-27(2)3)63-49(73)41(53)31(8)66/h12-13,15-16,26-31,35-42,57,66H,11,14,17-25,53H2,1-10H3,(H,58,70)(H,59,67)(H,60,68)(H,61,71)(H,62,72)(H,63,73)(H,64,74)(H,65,69)(H,75,76)(H4,54,55,56)/t29-,30-,31+,35-,36-,37-,38-,39-,40-,41-,42-/m0/s1. The summed E-state index contributed by atoms with van der Waals surface area (Å²) in [5.41, 5.74) is 18.4. The first-order valence-electron chi connectivity index (χ1n) is 26.4. The molecule has 24 nitrogen and oxygen atoms in total. The molecule has 1 aromatic heterocycles. The monoisotopic (exact) mass is 1130 g/mol. The van der Waals surface area contributed by atoms with Crippen LogP contribution in [0.2, 0.25) is 0 Å². The van der Waals surface area contributed by atoms with Gasteiger partial charge in [0, 0.05) is 30.1 Å². The summed E-state index contributed by atoms with van der Waals surface area (Å²) in [7, 11) is 0. The smallest absolute Gasteiger partial charge is 0.326 e. The first kappa shape index (κ1) is 68.0. The molecular weight excluding hydrogens is 1050 g/mol.